The van der Waals surface area contributed by atoms with Crippen molar-refractivity contribution in [2.45, 2.75) is 37.6 Å². The van der Waals surface area contributed by atoms with Crippen LogP contribution in [0.4, 0.5) is 0 Å². The summed E-state index contributed by atoms with van der Waals surface area (Å²) in [5.74, 6) is 0.723. The maximum atomic E-state index is 13.0. The third-order valence-electron chi connectivity index (χ3n) is 4.50. The van der Waals surface area contributed by atoms with Gasteiger partial charge in [-0.25, -0.2) is 13.4 Å². The van der Waals surface area contributed by atoms with Gasteiger partial charge in [0.05, 0.1) is 16.1 Å². The molecule has 0 saturated carbocycles. The van der Waals surface area contributed by atoms with Crippen LogP contribution in [0.1, 0.15) is 36.0 Å². The van der Waals surface area contributed by atoms with Crippen LogP contribution in [0.2, 0.25) is 0 Å². The van der Waals surface area contributed by atoms with Gasteiger partial charge in [-0.05, 0) is 38.8 Å². The van der Waals surface area contributed by atoms with Crippen LogP contribution in [-0.2, 0) is 10.0 Å². The SMILES string of the molecule is Cc1ccc(S(=O)(=O)N2CCCC2c2nnc(-c3scnc3C)o2)cc1. The van der Waals surface area contributed by atoms with E-state index in [2.05, 4.69) is 15.2 Å². The molecule has 1 atom stereocenters. The second-order valence-corrected chi connectivity index (χ2v) is 9.04. The molecule has 136 valence electrons. The van der Waals surface area contributed by atoms with E-state index in [1.54, 1.807) is 29.8 Å². The molecule has 3 aromatic rings. The fraction of sp³-hybridized carbons (Fsp3) is 0.353. The Morgan fingerprint density at radius 3 is 2.65 bits per heavy atom. The Morgan fingerprint density at radius 2 is 1.96 bits per heavy atom. The molecule has 9 heteroatoms. The summed E-state index contributed by atoms with van der Waals surface area (Å²) in [4.78, 5) is 5.28. The Bertz CT molecular complexity index is 1020. The third kappa shape index (κ3) is 2.95. The molecule has 0 N–H and O–H groups in total. The first-order valence-corrected chi connectivity index (χ1v) is 10.6. The minimum absolute atomic E-state index is 0.285. The standard InChI is InChI=1S/C17H18N4O3S2/c1-11-5-7-13(8-6-11)26(22,23)21-9-3-4-14(21)16-19-20-17(24-16)15-12(2)18-10-25-15/h5-8,10,14H,3-4,9H2,1-2H3. The lowest BCUT2D eigenvalue weighted by atomic mass is 10.2. The van der Waals surface area contributed by atoms with Gasteiger partial charge in [0.15, 0.2) is 0 Å². The third-order valence-corrected chi connectivity index (χ3v) is 7.34. The van der Waals surface area contributed by atoms with E-state index in [1.807, 2.05) is 13.8 Å². The van der Waals surface area contributed by atoms with Crippen molar-refractivity contribution in [2.75, 3.05) is 6.54 Å². The Hall–Kier alpha value is -2.10. The molecule has 2 aromatic heterocycles. The molecule has 1 unspecified atom stereocenters. The van der Waals surface area contributed by atoms with E-state index >= 15 is 0 Å². The van der Waals surface area contributed by atoms with E-state index < -0.39 is 16.1 Å². The molecule has 7 nitrogen and oxygen atoms in total. The molecule has 0 radical (unpaired) electrons. The summed E-state index contributed by atoms with van der Waals surface area (Å²) in [5, 5.41) is 8.22. The van der Waals surface area contributed by atoms with Gasteiger partial charge in [-0.15, -0.1) is 21.5 Å². The quantitative estimate of drug-likeness (QED) is 0.679. The molecular formula is C17H18N4O3S2. The van der Waals surface area contributed by atoms with Gasteiger partial charge < -0.3 is 4.42 Å². The summed E-state index contributed by atoms with van der Waals surface area (Å²) < 4.78 is 33.4. The number of sulfonamides is 1. The van der Waals surface area contributed by atoms with Crippen molar-refractivity contribution in [2.24, 2.45) is 0 Å². The van der Waals surface area contributed by atoms with E-state index in [-0.39, 0.29) is 4.90 Å². The zero-order valence-corrected chi connectivity index (χ0v) is 16.0. The van der Waals surface area contributed by atoms with Crippen molar-refractivity contribution >= 4 is 21.4 Å². The summed E-state index contributed by atoms with van der Waals surface area (Å²) >= 11 is 1.42. The first-order chi connectivity index (χ1) is 12.5. The van der Waals surface area contributed by atoms with Gasteiger partial charge in [-0.1, -0.05) is 17.7 Å². The molecule has 3 heterocycles. The van der Waals surface area contributed by atoms with Gasteiger partial charge in [0, 0.05) is 6.54 Å². The van der Waals surface area contributed by atoms with Crippen molar-refractivity contribution in [3.63, 3.8) is 0 Å². The molecule has 1 fully saturated rings. The first-order valence-electron chi connectivity index (χ1n) is 8.29. The minimum Gasteiger partial charge on any atom is -0.418 e. The van der Waals surface area contributed by atoms with Crippen LogP contribution >= 0.6 is 11.3 Å². The number of rotatable bonds is 4. The predicted octanol–water partition coefficient (Wildman–Crippen LogP) is 3.34. The van der Waals surface area contributed by atoms with Gasteiger partial charge in [-0.2, -0.15) is 4.31 Å². The lowest BCUT2D eigenvalue weighted by molar-refractivity contribution is 0.332. The topological polar surface area (TPSA) is 89.2 Å². The van der Waals surface area contributed by atoms with Crippen molar-refractivity contribution in [3.8, 4) is 10.8 Å². The number of hydrogen-bond donors (Lipinski definition) is 0. The molecule has 1 aliphatic rings. The van der Waals surface area contributed by atoms with Crippen molar-refractivity contribution in [3.05, 3.63) is 46.9 Å². The Balaban J connectivity index is 1.66. The Morgan fingerprint density at radius 1 is 1.19 bits per heavy atom. The monoisotopic (exact) mass is 390 g/mol. The fourth-order valence-electron chi connectivity index (χ4n) is 3.09. The molecule has 0 bridgehead atoms. The molecular weight excluding hydrogens is 372 g/mol. The average molecular weight is 390 g/mol. The maximum Gasteiger partial charge on any atom is 0.259 e. The van der Waals surface area contributed by atoms with Crippen LogP contribution in [0, 0.1) is 13.8 Å². The van der Waals surface area contributed by atoms with Crippen molar-refractivity contribution in [1.82, 2.24) is 19.5 Å². The normalized spacial score (nSPS) is 18.5. The van der Waals surface area contributed by atoms with Crippen LogP contribution in [-0.4, -0.2) is 34.4 Å². The van der Waals surface area contributed by atoms with E-state index in [0.29, 0.717) is 24.7 Å². The molecule has 0 amide bonds. The van der Waals surface area contributed by atoms with Crippen LogP contribution in [0.15, 0.2) is 39.1 Å². The fourth-order valence-corrected chi connectivity index (χ4v) is 5.46. The Labute approximate surface area is 155 Å². The smallest absolute Gasteiger partial charge is 0.259 e. The van der Waals surface area contributed by atoms with E-state index in [4.69, 9.17) is 4.42 Å². The molecule has 0 aliphatic carbocycles. The number of aryl methyl sites for hydroxylation is 2. The molecule has 26 heavy (non-hydrogen) atoms. The largest absolute Gasteiger partial charge is 0.418 e. The number of benzene rings is 1. The summed E-state index contributed by atoms with van der Waals surface area (Å²) in [7, 11) is -3.61. The minimum atomic E-state index is -3.61. The van der Waals surface area contributed by atoms with Gasteiger partial charge in [-0.3, -0.25) is 0 Å². The highest BCUT2D eigenvalue weighted by Gasteiger charge is 2.39. The van der Waals surface area contributed by atoms with Gasteiger partial charge >= 0.3 is 0 Å². The van der Waals surface area contributed by atoms with E-state index in [9.17, 15) is 8.42 Å². The van der Waals surface area contributed by atoms with Crippen LogP contribution in [0.25, 0.3) is 10.8 Å². The Kier molecular flexibility index (Phi) is 4.37. The second-order valence-electron chi connectivity index (χ2n) is 6.30. The van der Waals surface area contributed by atoms with E-state index in [0.717, 1.165) is 22.6 Å². The zero-order valence-electron chi connectivity index (χ0n) is 14.4. The zero-order chi connectivity index (χ0) is 18.3. The molecule has 4 rings (SSSR count). The van der Waals surface area contributed by atoms with Crippen molar-refractivity contribution < 1.29 is 12.8 Å². The van der Waals surface area contributed by atoms with Gasteiger partial charge in [0.25, 0.3) is 5.89 Å². The highest BCUT2D eigenvalue weighted by atomic mass is 32.2. The number of nitrogens with zero attached hydrogens (tertiary/aromatic N) is 4. The summed E-state index contributed by atoms with van der Waals surface area (Å²) in [6.07, 6.45) is 1.42. The summed E-state index contributed by atoms with van der Waals surface area (Å²) in [6, 6.07) is 6.45. The maximum absolute atomic E-state index is 13.0. The van der Waals surface area contributed by atoms with Crippen LogP contribution in [0.3, 0.4) is 0 Å². The molecule has 1 aliphatic heterocycles. The highest BCUT2D eigenvalue weighted by Crippen LogP contribution is 2.37. The lowest BCUT2D eigenvalue weighted by Crippen LogP contribution is -2.30. The van der Waals surface area contributed by atoms with Crippen LogP contribution < -0.4 is 0 Å². The average Bonchev–Trinajstić information content (AvgIpc) is 3.34. The van der Waals surface area contributed by atoms with Gasteiger partial charge in [0.1, 0.15) is 10.9 Å². The number of hydrogen-bond acceptors (Lipinski definition) is 7. The molecule has 1 aromatic carbocycles. The number of thiazole rings is 1. The summed E-state index contributed by atoms with van der Waals surface area (Å²) in [6.45, 7) is 4.24. The molecule has 1 saturated heterocycles. The predicted molar refractivity (Wildman–Crippen MR) is 97.2 cm³/mol. The molecule has 0 spiro atoms. The van der Waals surface area contributed by atoms with Crippen molar-refractivity contribution in [1.29, 1.82) is 0 Å². The first kappa shape index (κ1) is 17.3. The number of aromatic nitrogens is 3. The second kappa shape index (κ2) is 6.57. The van der Waals surface area contributed by atoms with E-state index in [1.165, 1.54) is 15.6 Å². The lowest BCUT2D eigenvalue weighted by Gasteiger charge is -2.21. The van der Waals surface area contributed by atoms with Gasteiger partial charge in [0.2, 0.25) is 15.9 Å². The highest BCUT2D eigenvalue weighted by molar-refractivity contribution is 7.89. The van der Waals surface area contributed by atoms with Crippen LogP contribution in [0.5, 0.6) is 0 Å². The summed E-state index contributed by atoms with van der Waals surface area (Å²) in [5.41, 5.74) is 3.56.